The highest BCUT2D eigenvalue weighted by Crippen LogP contribution is 2.25. The van der Waals surface area contributed by atoms with Crippen LogP contribution in [-0.2, 0) is 0 Å². The molecule has 2 rings (SSSR count). The van der Waals surface area contributed by atoms with Crippen LogP contribution in [0.1, 0.15) is 21.5 Å². The Labute approximate surface area is 119 Å². The molecule has 4 heteroatoms. The maximum Gasteiger partial charge on any atom is 0.193 e. The highest BCUT2D eigenvalue weighted by Gasteiger charge is 2.12. The quantitative estimate of drug-likeness (QED) is 0.664. The van der Waals surface area contributed by atoms with E-state index in [1.807, 2.05) is 6.92 Å². The van der Waals surface area contributed by atoms with Gasteiger partial charge in [0.2, 0.25) is 0 Å². The van der Waals surface area contributed by atoms with Crippen LogP contribution in [0.25, 0.3) is 0 Å². The molecule has 2 nitrogen and oxygen atoms in total. The summed E-state index contributed by atoms with van der Waals surface area (Å²) in [6.45, 7) is 1.87. The van der Waals surface area contributed by atoms with E-state index in [9.17, 15) is 4.79 Å². The summed E-state index contributed by atoms with van der Waals surface area (Å²) in [5.41, 5.74) is 8.44. The van der Waals surface area contributed by atoms with Crippen LogP contribution in [0.5, 0.6) is 0 Å². The van der Waals surface area contributed by atoms with Crippen LogP contribution in [0.15, 0.2) is 40.9 Å². The van der Waals surface area contributed by atoms with Gasteiger partial charge < -0.3 is 5.73 Å². The van der Waals surface area contributed by atoms with E-state index in [0.717, 1.165) is 5.56 Å². The molecule has 0 saturated heterocycles. The van der Waals surface area contributed by atoms with Crippen molar-refractivity contribution in [1.82, 2.24) is 0 Å². The molecule has 0 heterocycles. The van der Waals surface area contributed by atoms with Crippen LogP contribution in [-0.4, -0.2) is 5.78 Å². The van der Waals surface area contributed by atoms with Gasteiger partial charge in [0.1, 0.15) is 0 Å². The summed E-state index contributed by atoms with van der Waals surface area (Å²) in [6, 6.07) is 10.4. The Morgan fingerprint density at radius 1 is 1.22 bits per heavy atom. The molecule has 92 valence electrons. The fourth-order valence-electron chi connectivity index (χ4n) is 1.73. The average Bonchev–Trinajstić information content (AvgIpc) is 2.32. The molecule has 0 saturated carbocycles. The van der Waals surface area contributed by atoms with Crippen LogP contribution in [0.2, 0.25) is 5.02 Å². The van der Waals surface area contributed by atoms with E-state index < -0.39 is 0 Å². The number of nitrogen functional groups attached to an aromatic ring is 1. The van der Waals surface area contributed by atoms with Crippen molar-refractivity contribution in [3.8, 4) is 0 Å². The molecular weight excluding hydrogens is 314 g/mol. The molecule has 0 fully saturated rings. The number of aryl methyl sites for hydroxylation is 1. The lowest BCUT2D eigenvalue weighted by Crippen LogP contribution is -2.04. The van der Waals surface area contributed by atoms with Gasteiger partial charge >= 0.3 is 0 Å². The van der Waals surface area contributed by atoms with Crippen LogP contribution in [0.3, 0.4) is 0 Å². The number of anilines is 1. The fraction of sp³-hybridized carbons (Fsp3) is 0.0714. The molecule has 0 aromatic heterocycles. The normalized spacial score (nSPS) is 10.4. The molecule has 0 radical (unpaired) electrons. The van der Waals surface area contributed by atoms with Gasteiger partial charge in [0, 0.05) is 21.3 Å². The number of halogens is 2. The average molecular weight is 325 g/mol. The van der Waals surface area contributed by atoms with Crippen LogP contribution in [0, 0.1) is 6.92 Å². The lowest BCUT2D eigenvalue weighted by Gasteiger charge is -2.07. The lowest BCUT2D eigenvalue weighted by atomic mass is 9.99. The van der Waals surface area contributed by atoms with Gasteiger partial charge in [-0.3, -0.25) is 4.79 Å². The van der Waals surface area contributed by atoms with Gasteiger partial charge in [-0.15, -0.1) is 0 Å². The number of hydrogen-bond acceptors (Lipinski definition) is 2. The van der Waals surface area contributed by atoms with Crippen molar-refractivity contribution >= 4 is 39.0 Å². The van der Waals surface area contributed by atoms with E-state index in [4.69, 9.17) is 17.3 Å². The van der Waals surface area contributed by atoms with E-state index >= 15 is 0 Å². The maximum atomic E-state index is 12.3. The highest BCUT2D eigenvalue weighted by atomic mass is 79.9. The summed E-state index contributed by atoms with van der Waals surface area (Å²) < 4.78 is 0.711. The molecule has 18 heavy (non-hydrogen) atoms. The molecule has 2 N–H and O–H groups in total. The van der Waals surface area contributed by atoms with Crippen molar-refractivity contribution in [3.63, 3.8) is 0 Å². The summed E-state index contributed by atoms with van der Waals surface area (Å²) >= 11 is 9.22. The number of rotatable bonds is 2. The van der Waals surface area contributed by atoms with Crippen LogP contribution in [0.4, 0.5) is 5.69 Å². The zero-order valence-corrected chi connectivity index (χ0v) is 12.0. The number of nitrogens with two attached hydrogens (primary N) is 1. The third-order valence-electron chi connectivity index (χ3n) is 2.68. The van der Waals surface area contributed by atoms with E-state index in [0.29, 0.717) is 26.3 Å². The Balaban J connectivity index is 2.44. The third-order valence-corrected chi connectivity index (χ3v) is 3.89. The predicted molar refractivity (Wildman–Crippen MR) is 78.2 cm³/mol. The summed E-state index contributed by atoms with van der Waals surface area (Å²) in [5.74, 6) is -0.0372. The minimum Gasteiger partial charge on any atom is -0.399 e. The molecule has 0 spiro atoms. The molecular formula is C14H11BrClNO. The molecule has 0 aliphatic carbocycles. The molecule has 2 aromatic carbocycles. The van der Waals surface area contributed by atoms with Crippen LogP contribution >= 0.6 is 27.5 Å². The smallest absolute Gasteiger partial charge is 0.193 e. The fourth-order valence-corrected chi connectivity index (χ4v) is 2.23. The van der Waals surface area contributed by atoms with Gasteiger partial charge in [-0.05, 0) is 64.8 Å². The van der Waals surface area contributed by atoms with E-state index in [-0.39, 0.29) is 5.78 Å². The number of carbonyl (C=O) groups is 1. The van der Waals surface area contributed by atoms with E-state index in [1.54, 1.807) is 36.4 Å². The number of carbonyl (C=O) groups excluding carboxylic acids is 1. The summed E-state index contributed by atoms with van der Waals surface area (Å²) in [6.07, 6.45) is 0. The van der Waals surface area contributed by atoms with Gasteiger partial charge in [0.25, 0.3) is 0 Å². The van der Waals surface area contributed by atoms with Crippen LogP contribution < -0.4 is 5.73 Å². The first-order valence-corrected chi connectivity index (χ1v) is 6.52. The maximum absolute atomic E-state index is 12.3. The van der Waals surface area contributed by atoms with Crippen molar-refractivity contribution in [2.24, 2.45) is 0 Å². The minimum absolute atomic E-state index is 0.0372. The lowest BCUT2D eigenvalue weighted by molar-refractivity contribution is 0.103. The number of hydrogen-bond donors (Lipinski definition) is 1. The Hall–Kier alpha value is -1.32. The Morgan fingerprint density at radius 2 is 1.94 bits per heavy atom. The second-order valence-electron chi connectivity index (χ2n) is 4.03. The van der Waals surface area contributed by atoms with Crippen molar-refractivity contribution < 1.29 is 4.79 Å². The van der Waals surface area contributed by atoms with Gasteiger partial charge in [-0.1, -0.05) is 11.6 Å². The summed E-state index contributed by atoms with van der Waals surface area (Å²) in [4.78, 5) is 12.3. The molecule has 0 aliphatic heterocycles. The second-order valence-corrected chi connectivity index (χ2v) is 5.29. The van der Waals surface area contributed by atoms with Gasteiger partial charge in [0.05, 0.1) is 5.02 Å². The van der Waals surface area contributed by atoms with Crippen molar-refractivity contribution in [2.75, 3.05) is 5.73 Å². The van der Waals surface area contributed by atoms with E-state index in [1.165, 1.54) is 0 Å². The SMILES string of the molecule is Cc1cc(N)ccc1C(=O)c1ccc(Cl)c(Br)c1. The highest BCUT2D eigenvalue weighted by molar-refractivity contribution is 9.10. The third kappa shape index (κ3) is 2.57. The topological polar surface area (TPSA) is 43.1 Å². The molecule has 0 unspecified atom stereocenters. The molecule has 0 aliphatic rings. The molecule has 0 atom stereocenters. The number of benzene rings is 2. The minimum atomic E-state index is -0.0372. The largest absolute Gasteiger partial charge is 0.399 e. The van der Waals surface area contributed by atoms with Gasteiger partial charge in [0.15, 0.2) is 5.78 Å². The molecule has 0 amide bonds. The predicted octanol–water partition coefficient (Wildman–Crippen LogP) is 4.22. The van der Waals surface area contributed by atoms with Crippen molar-refractivity contribution in [3.05, 3.63) is 62.6 Å². The Kier molecular flexibility index (Phi) is 3.73. The first kappa shape index (κ1) is 13.1. The van der Waals surface area contributed by atoms with Crippen molar-refractivity contribution in [2.45, 2.75) is 6.92 Å². The summed E-state index contributed by atoms with van der Waals surface area (Å²) in [5, 5.41) is 0.584. The van der Waals surface area contributed by atoms with Crippen molar-refractivity contribution in [1.29, 1.82) is 0 Å². The Bertz CT molecular complexity index is 625. The molecule has 2 aromatic rings. The Morgan fingerprint density at radius 3 is 2.56 bits per heavy atom. The molecule has 0 bridgehead atoms. The number of ketones is 1. The van der Waals surface area contributed by atoms with E-state index in [2.05, 4.69) is 15.9 Å². The zero-order valence-electron chi connectivity index (χ0n) is 9.71. The van der Waals surface area contributed by atoms with Gasteiger partial charge in [-0.2, -0.15) is 0 Å². The summed E-state index contributed by atoms with van der Waals surface area (Å²) in [7, 11) is 0. The second kappa shape index (κ2) is 5.12. The zero-order chi connectivity index (χ0) is 13.3. The first-order chi connectivity index (χ1) is 8.49. The standard InChI is InChI=1S/C14H11BrClNO/c1-8-6-10(17)3-4-11(8)14(18)9-2-5-13(16)12(15)7-9/h2-7H,17H2,1H3. The first-order valence-electron chi connectivity index (χ1n) is 5.35. The van der Waals surface area contributed by atoms with Gasteiger partial charge in [-0.25, -0.2) is 0 Å². The monoisotopic (exact) mass is 323 g/mol.